The zero-order valence-corrected chi connectivity index (χ0v) is 16.8. The third kappa shape index (κ3) is 3.71. The molecule has 4 aromatic rings. The van der Waals surface area contributed by atoms with Crippen LogP contribution in [0.5, 0.6) is 0 Å². The van der Waals surface area contributed by atoms with Gasteiger partial charge in [-0.25, -0.2) is 0 Å². The maximum atomic E-state index is 5.91. The minimum Gasteiger partial charge on any atom is -0.419 e. The molecule has 2 aromatic heterocycles. The van der Waals surface area contributed by atoms with Crippen molar-refractivity contribution in [3.8, 4) is 22.8 Å². The molecule has 2 aromatic carbocycles. The van der Waals surface area contributed by atoms with E-state index in [2.05, 4.69) is 38.8 Å². The van der Waals surface area contributed by atoms with Crippen molar-refractivity contribution < 1.29 is 4.42 Å². The number of rotatable bonds is 6. The number of aryl methyl sites for hydroxylation is 1. The lowest BCUT2D eigenvalue weighted by Crippen LogP contribution is -2.01. The molecule has 0 N–H and O–H groups in total. The number of benzene rings is 2. The Morgan fingerprint density at radius 1 is 0.929 bits per heavy atom. The average molecular weight is 392 g/mol. The predicted molar refractivity (Wildman–Crippen MR) is 110 cm³/mol. The fourth-order valence-electron chi connectivity index (χ4n) is 2.88. The van der Waals surface area contributed by atoms with Crippen LogP contribution >= 0.6 is 11.8 Å². The monoisotopic (exact) mass is 391 g/mol. The van der Waals surface area contributed by atoms with E-state index in [9.17, 15) is 0 Å². The average Bonchev–Trinajstić information content (AvgIpc) is 3.36. The molecule has 6 nitrogen and oxygen atoms in total. The lowest BCUT2D eigenvalue weighted by atomic mass is 10.1. The van der Waals surface area contributed by atoms with Crippen LogP contribution in [0.2, 0.25) is 0 Å². The summed E-state index contributed by atoms with van der Waals surface area (Å²) in [5, 5.41) is 18.0. The van der Waals surface area contributed by atoms with Gasteiger partial charge in [-0.05, 0) is 32.9 Å². The van der Waals surface area contributed by atoms with Gasteiger partial charge in [-0.3, -0.25) is 0 Å². The van der Waals surface area contributed by atoms with E-state index in [1.165, 1.54) is 5.56 Å². The van der Waals surface area contributed by atoms with Gasteiger partial charge >= 0.3 is 0 Å². The summed E-state index contributed by atoms with van der Waals surface area (Å²) >= 11 is 1.57. The van der Waals surface area contributed by atoms with Crippen molar-refractivity contribution in [2.24, 2.45) is 0 Å². The molecular formula is C21H21N5OS. The van der Waals surface area contributed by atoms with E-state index in [1.54, 1.807) is 11.8 Å². The molecule has 0 saturated carbocycles. The molecule has 0 aliphatic rings. The molecular weight excluding hydrogens is 370 g/mol. The van der Waals surface area contributed by atoms with Crippen LogP contribution in [0.15, 0.2) is 64.2 Å². The highest BCUT2D eigenvalue weighted by Crippen LogP contribution is 2.35. The molecule has 4 rings (SSSR count). The molecule has 0 unspecified atom stereocenters. The van der Waals surface area contributed by atoms with Gasteiger partial charge in [0.25, 0.3) is 0 Å². The highest BCUT2D eigenvalue weighted by atomic mass is 32.2. The summed E-state index contributed by atoms with van der Waals surface area (Å²) in [6.07, 6.45) is 0. The number of hydrogen-bond donors (Lipinski definition) is 0. The molecule has 28 heavy (non-hydrogen) atoms. The van der Waals surface area contributed by atoms with E-state index in [1.807, 2.05) is 61.5 Å². The maximum absolute atomic E-state index is 5.91. The topological polar surface area (TPSA) is 69.6 Å². The largest absolute Gasteiger partial charge is 0.419 e. The van der Waals surface area contributed by atoms with Crippen molar-refractivity contribution in [3.05, 3.63) is 66.1 Å². The van der Waals surface area contributed by atoms with Gasteiger partial charge in [0, 0.05) is 17.7 Å². The minimum absolute atomic E-state index is 0.0372. The summed E-state index contributed by atoms with van der Waals surface area (Å²) in [5.74, 6) is 1.97. The Kier molecular flexibility index (Phi) is 5.25. The van der Waals surface area contributed by atoms with E-state index in [4.69, 9.17) is 4.42 Å². The number of thioether (sulfide) groups is 1. The van der Waals surface area contributed by atoms with Crippen LogP contribution in [0.25, 0.3) is 22.8 Å². The molecule has 0 spiro atoms. The van der Waals surface area contributed by atoms with Crippen LogP contribution in [0.3, 0.4) is 0 Å². The first kappa shape index (κ1) is 18.4. The van der Waals surface area contributed by atoms with Gasteiger partial charge in [-0.15, -0.1) is 20.4 Å². The van der Waals surface area contributed by atoms with Gasteiger partial charge in [0.2, 0.25) is 11.8 Å². The lowest BCUT2D eigenvalue weighted by molar-refractivity contribution is 0.508. The Bertz CT molecular complexity index is 1060. The smallest absolute Gasteiger partial charge is 0.247 e. The maximum Gasteiger partial charge on any atom is 0.247 e. The molecule has 142 valence electrons. The molecule has 0 bridgehead atoms. The first-order valence-corrected chi connectivity index (χ1v) is 10.1. The third-order valence-electron chi connectivity index (χ3n) is 4.43. The van der Waals surface area contributed by atoms with Gasteiger partial charge in [0.1, 0.15) is 0 Å². The predicted octanol–water partition coefficient (Wildman–Crippen LogP) is 5.18. The van der Waals surface area contributed by atoms with Crippen molar-refractivity contribution in [2.45, 2.75) is 37.7 Å². The summed E-state index contributed by atoms with van der Waals surface area (Å²) in [5.41, 5.74) is 3.17. The molecule has 2 heterocycles. The third-order valence-corrected chi connectivity index (χ3v) is 5.50. The molecule has 7 heteroatoms. The lowest BCUT2D eigenvalue weighted by Gasteiger charge is -2.09. The van der Waals surface area contributed by atoms with Crippen LogP contribution in [-0.2, 0) is 6.54 Å². The van der Waals surface area contributed by atoms with Gasteiger partial charge in [0.05, 0.1) is 5.25 Å². The zero-order valence-electron chi connectivity index (χ0n) is 16.0. The molecule has 0 fully saturated rings. The second kappa shape index (κ2) is 7.98. The van der Waals surface area contributed by atoms with Crippen molar-refractivity contribution in [1.29, 1.82) is 0 Å². The highest BCUT2D eigenvalue weighted by Gasteiger charge is 2.21. The number of aromatic nitrogens is 5. The van der Waals surface area contributed by atoms with Gasteiger partial charge in [-0.2, -0.15) is 0 Å². The van der Waals surface area contributed by atoms with Crippen LogP contribution in [0, 0.1) is 6.92 Å². The Labute approximate surface area is 168 Å². The van der Waals surface area contributed by atoms with E-state index in [0.717, 1.165) is 28.7 Å². The summed E-state index contributed by atoms with van der Waals surface area (Å²) in [4.78, 5) is 0. The first-order valence-electron chi connectivity index (χ1n) is 9.21. The second-order valence-electron chi connectivity index (χ2n) is 6.49. The molecule has 0 aliphatic heterocycles. The molecule has 0 aliphatic carbocycles. The Balaban J connectivity index is 1.55. The van der Waals surface area contributed by atoms with Crippen molar-refractivity contribution >= 4 is 11.8 Å². The van der Waals surface area contributed by atoms with E-state index in [0.29, 0.717) is 11.8 Å². The van der Waals surface area contributed by atoms with Crippen molar-refractivity contribution in [3.63, 3.8) is 0 Å². The summed E-state index contributed by atoms with van der Waals surface area (Å²) in [6, 6.07) is 18.1. The SMILES string of the molecule is CCn1c(S[C@@H](C)c2nnc(-c3ccc(C)cc3)o2)nnc1-c1ccccc1. The fraction of sp³-hybridized carbons (Fsp3) is 0.238. The number of hydrogen-bond acceptors (Lipinski definition) is 6. The number of nitrogens with zero attached hydrogens (tertiary/aromatic N) is 5. The van der Waals surface area contributed by atoms with E-state index >= 15 is 0 Å². The van der Waals surface area contributed by atoms with Crippen molar-refractivity contribution in [2.75, 3.05) is 0 Å². The molecule has 0 amide bonds. The van der Waals surface area contributed by atoms with Crippen LogP contribution in [0.1, 0.15) is 30.6 Å². The first-order chi connectivity index (χ1) is 13.7. The second-order valence-corrected chi connectivity index (χ2v) is 7.80. The molecule has 1 atom stereocenters. The normalized spacial score (nSPS) is 12.2. The molecule has 0 radical (unpaired) electrons. The zero-order chi connectivity index (χ0) is 19.5. The molecule has 0 saturated heterocycles. The quantitative estimate of drug-likeness (QED) is 0.422. The van der Waals surface area contributed by atoms with Gasteiger partial charge in [-0.1, -0.05) is 59.8 Å². The van der Waals surface area contributed by atoms with E-state index < -0.39 is 0 Å². The summed E-state index contributed by atoms with van der Waals surface area (Å²) in [6.45, 7) is 6.96. The van der Waals surface area contributed by atoms with E-state index in [-0.39, 0.29) is 5.25 Å². The van der Waals surface area contributed by atoms with Gasteiger partial charge in [0.15, 0.2) is 11.0 Å². The summed E-state index contributed by atoms with van der Waals surface area (Å²) in [7, 11) is 0. The Morgan fingerprint density at radius 2 is 1.68 bits per heavy atom. The summed E-state index contributed by atoms with van der Waals surface area (Å²) < 4.78 is 8.01. The Hall–Kier alpha value is -2.93. The highest BCUT2D eigenvalue weighted by molar-refractivity contribution is 7.99. The fourth-order valence-corrected chi connectivity index (χ4v) is 3.82. The van der Waals surface area contributed by atoms with Crippen molar-refractivity contribution in [1.82, 2.24) is 25.0 Å². The van der Waals surface area contributed by atoms with Crippen LogP contribution < -0.4 is 0 Å². The standard InChI is InChI=1S/C21H21N5OS/c1-4-26-18(16-8-6-5-7-9-16)22-25-21(26)28-15(3)19-23-24-20(27-19)17-12-10-14(2)11-13-17/h5-13,15H,4H2,1-3H3/t15-/m0/s1. The minimum atomic E-state index is -0.0372. The van der Waals surface area contributed by atoms with Crippen LogP contribution in [0.4, 0.5) is 0 Å². The van der Waals surface area contributed by atoms with Gasteiger partial charge < -0.3 is 8.98 Å². The van der Waals surface area contributed by atoms with Crippen LogP contribution in [-0.4, -0.2) is 25.0 Å². The Morgan fingerprint density at radius 3 is 2.39 bits per heavy atom.